The standard InChI is InChI=1S/C24H32FN5O3/c1-16-6-8-18(13-26-16)27-22(31)28-21-12-17(7-9-20(21)25)14-29(5)19-10-11-30(15-19)23(32)33-24(2,3)4/h6-9,12-13,19H,10-11,14-15H2,1-5H3,(H2,27,28,31)/t19-/m0/s1. The number of pyridine rings is 1. The van der Waals surface area contributed by atoms with Crippen LogP contribution in [0.4, 0.5) is 25.4 Å². The van der Waals surface area contributed by atoms with Crippen molar-refractivity contribution in [2.75, 3.05) is 30.8 Å². The minimum absolute atomic E-state index is 0.0975. The van der Waals surface area contributed by atoms with E-state index in [-0.39, 0.29) is 17.8 Å². The third-order valence-corrected chi connectivity index (χ3v) is 5.32. The second kappa shape index (κ2) is 10.2. The number of ether oxygens (including phenoxy) is 1. The van der Waals surface area contributed by atoms with Crippen LogP contribution in [-0.2, 0) is 11.3 Å². The molecule has 1 aliphatic rings. The van der Waals surface area contributed by atoms with E-state index in [9.17, 15) is 14.0 Å². The SMILES string of the molecule is Cc1ccc(NC(=O)Nc2cc(CN(C)[C@H]3CCN(C(=O)OC(C)(C)C)C3)ccc2F)cn1. The summed E-state index contributed by atoms with van der Waals surface area (Å²) in [5.41, 5.74) is 1.77. The maximum atomic E-state index is 14.3. The first-order valence-corrected chi connectivity index (χ1v) is 11.0. The van der Waals surface area contributed by atoms with Gasteiger partial charge in [-0.1, -0.05) is 6.07 Å². The van der Waals surface area contributed by atoms with Gasteiger partial charge in [-0.05, 0) is 71.0 Å². The number of aryl methyl sites for hydroxylation is 1. The Labute approximate surface area is 194 Å². The molecule has 1 aromatic heterocycles. The number of nitrogens with one attached hydrogen (secondary N) is 2. The van der Waals surface area contributed by atoms with Gasteiger partial charge in [0.2, 0.25) is 0 Å². The Morgan fingerprint density at radius 1 is 1.24 bits per heavy atom. The summed E-state index contributed by atoms with van der Waals surface area (Å²) < 4.78 is 19.8. The van der Waals surface area contributed by atoms with Crippen LogP contribution in [0.25, 0.3) is 0 Å². The lowest BCUT2D eigenvalue weighted by Gasteiger charge is -2.26. The Morgan fingerprint density at radius 2 is 2.00 bits per heavy atom. The molecule has 1 fully saturated rings. The number of carbonyl (C=O) groups is 2. The highest BCUT2D eigenvalue weighted by molar-refractivity contribution is 5.99. The Balaban J connectivity index is 1.57. The average molecular weight is 458 g/mol. The van der Waals surface area contributed by atoms with E-state index in [0.717, 1.165) is 17.7 Å². The second-order valence-corrected chi connectivity index (χ2v) is 9.37. The Bertz CT molecular complexity index is 991. The number of hydrogen-bond acceptors (Lipinski definition) is 5. The molecule has 0 aliphatic carbocycles. The first-order chi connectivity index (χ1) is 15.5. The lowest BCUT2D eigenvalue weighted by molar-refractivity contribution is 0.0282. The van der Waals surface area contributed by atoms with Crippen LogP contribution >= 0.6 is 0 Å². The molecule has 8 nitrogen and oxygen atoms in total. The van der Waals surface area contributed by atoms with Crippen molar-refractivity contribution in [3.63, 3.8) is 0 Å². The first kappa shape index (κ1) is 24.4. The molecule has 0 saturated carbocycles. The third kappa shape index (κ3) is 7.15. The summed E-state index contributed by atoms with van der Waals surface area (Å²) in [6, 6.07) is 7.78. The van der Waals surface area contributed by atoms with Crippen molar-refractivity contribution in [3.05, 3.63) is 53.6 Å². The summed E-state index contributed by atoms with van der Waals surface area (Å²) in [4.78, 5) is 32.6. The lowest BCUT2D eigenvalue weighted by atomic mass is 10.1. The van der Waals surface area contributed by atoms with Crippen molar-refractivity contribution in [1.82, 2.24) is 14.8 Å². The van der Waals surface area contributed by atoms with E-state index < -0.39 is 17.4 Å². The highest BCUT2D eigenvalue weighted by Crippen LogP contribution is 2.22. The molecule has 3 rings (SSSR count). The van der Waals surface area contributed by atoms with Gasteiger partial charge in [0.1, 0.15) is 11.4 Å². The molecule has 1 saturated heterocycles. The highest BCUT2D eigenvalue weighted by atomic mass is 19.1. The molecule has 9 heteroatoms. The van der Waals surface area contributed by atoms with Crippen LogP contribution in [-0.4, -0.2) is 58.7 Å². The Hall–Kier alpha value is -3.20. The number of anilines is 2. The fourth-order valence-electron chi connectivity index (χ4n) is 3.60. The van der Waals surface area contributed by atoms with E-state index in [1.165, 1.54) is 6.07 Å². The molecule has 0 radical (unpaired) electrons. The molecule has 33 heavy (non-hydrogen) atoms. The number of urea groups is 1. The zero-order chi connectivity index (χ0) is 24.2. The molecule has 2 aromatic rings. The van der Waals surface area contributed by atoms with Crippen LogP contribution in [0.15, 0.2) is 36.5 Å². The summed E-state index contributed by atoms with van der Waals surface area (Å²) >= 11 is 0. The minimum Gasteiger partial charge on any atom is -0.444 e. The monoisotopic (exact) mass is 457 g/mol. The van der Waals surface area contributed by atoms with E-state index in [0.29, 0.717) is 25.3 Å². The summed E-state index contributed by atoms with van der Waals surface area (Å²) in [7, 11) is 1.97. The predicted molar refractivity (Wildman–Crippen MR) is 126 cm³/mol. The maximum Gasteiger partial charge on any atom is 0.410 e. The van der Waals surface area contributed by atoms with Crippen LogP contribution in [0, 0.1) is 12.7 Å². The lowest BCUT2D eigenvalue weighted by Crippen LogP contribution is -2.38. The first-order valence-electron chi connectivity index (χ1n) is 11.0. The van der Waals surface area contributed by atoms with Gasteiger partial charge >= 0.3 is 12.1 Å². The predicted octanol–water partition coefficient (Wildman–Crippen LogP) is 4.61. The summed E-state index contributed by atoms with van der Waals surface area (Å²) in [5.74, 6) is -0.518. The van der Waals surface area contributed by atoms with E-state index >= 15 is 0 Å². The second-order valence-electron chi connectivity index (χ2n) is 9.37. The fourth-order valence-corrected chi connectivity index (χ4v) is 3.60. The van der Waals surface area contributed by atoms with Crippen LogP contribution in [0.5, 0.6) is 0 Å². The number of hydrogen-bond donors (Lipinski definition) is 2. The zero-order valence-electron chi connectivity index (χ0n) is 19.8. The van der Waals surface area contributed by atoms with Gasteiger partial charge in [-0.25, -0.2) is 14.0 Å². The quantitative estimate of drug-likeness (QED) is 0.685. The summed E-state index contributed by atoms with van der Waals surface area (Å²) in [5, 5.41) is 5.20. The number of benzene rings is 1. The smallest absolute Gasteiger partial charge is 0.410 e. The average Bonchev–Trinajstić information content (AvgIpc) is 3.22. The Kier molecular flexibility index (Phi) is 7.53. The van der Waals surface area contributed by atoms with Crippen LogP contribution in [0.3, 0.4) is 0 Å². The molecule has 1 aliphatic heterocycles. The van der Waals surface area contributed by atoms with E-state index in [1.807, 2.05) is 34.7 Å². The van der Waals surface area contributed by atoms with Crippen molar-refractivity contribution in [2.45, 2.75) is 52.3 Å². The van der Waals surface area contributed by atoms with Gasteiger partial charge < -0.3 is 20.3 Å². The highest BCUT2D eigenvalue weighted by Gasteiger charge is 2.31. The van der Waals surface area contributed by atoms with Crippen LogP contribution in [0.1, 0.15) is 38.4 Å². The molecular weight excluding hydrogens is 425 g/mol. The van der Waals surface area contributed by atoms with Crippen LogP contribution in [0.2, 0.25) is 0 Å². The van der Waals surface area contributed by atoms with E-state index in [1.54, 1.807) is 35.4 Å². The number of halogens is 1. The van der Waals surface area contributed by atoms with Gasteiger partial charge in [0.25, 0.3) is 0 Å². The van der Waals surface area contributed by atoms with Gasteiger partial charge in [0.05, 0.1) is 17.6 Å². The third-order valence-electron chi connectivity index (χ3n) is 5.32. The number of likely N-dealkylation sites (tertiary alicyclic amines) is 1. The maximum absolute atomic E-state index is 14.3. The molecule has 0 bridgehead atoms. The van der Waals surface area contributed by atoms with E-state index in [4.69, 9.17) is 4.74 Å². The molecule has 2 heterocycles. The number of rotatable bonds is 5. The molecule has 0 unspecified atom stereocenters. The van der Waals surface area contributed by atoms with Crippen molar-refractivity contribution in [3.8, 4) is 0 Å². The van der Waals surface area contributed by atoms with Crippen molar-refractivity contribution < 1.29 is 18.7 Å². The number of carbonyl (C=O) groups excluding carboxylic acids is 2. The molecule has 0 spiro atoms. The van der Waals surface area contributed by atoms with Crippen molar-refractivity contribution in [1.29, 1.82) is 0 Å². The molecule has 178 valence electrons. The zero-order valence-corrected chi connectivity index (χ0v) is 19.8. The number of aromatic nitrogens is 1. The van der Waals surface area contributed by atoms with Gasteiger partial charge in [-0.15, -0.1) is 0 Å². The van der Waals surface area contributed by atoms with Gasteiger partial charge in [-0.2, -0.15) is 0 Å². The summed E-state index contributed by atoms with van der Waals surface area (Å²) in [6.07, 6.45) is 2.06. The normalized spacial score (nSPS) is 16.1. The molecule has 2 N–H and O–H groups in total. The fraction of sp³-hybridized carbons (Fsp3) is 0.458. The Morgan fingerprint density at radius 3 is 2.67 bits per heavy atom. The minimum atomic E-state index is -0.547. The van der Waals surface area contributed by atoms with Gasteiger partial charge in [0, 0.05) is 31.4 Å². The molecule has 3 amide bonds. The van der Waals surface area contributed by atoms with Crippen molar-refractivity contribution in [2.24, 2.45) is 0 Å². The topological polar surface area (TPSA) is 86.8 Å². The molecule has 1 aromatic carbocycles. The van der Waals surface area contributed by atoms with Gasteiger partial charge in [-0.3, -0.25) is 9.88 Å². The number of nitrogens with zero attached hydrogens (tertiary/aromatic N) is 3. The van der Waals surface area contributed by atoms with E-state index in [2.05, 4.69) is 20.5 Å². The van der Waals surface area contributed by atoms with Crippen LogP contribution < -0.4 is 10.6 Å². The molecular formula is C24H32FN5O3. The number of likely N-dealkylation sites (N-methyl/N-ethyl adjacent to an activating group) is 1. The van der Waals surface area contributed by atoms with Gasteiger partial charge in [0.15, 0.2) is 0 Å². The number of amides is 3. The molecule has 1 atom stereocenters. The largest absolute Gasteiger partial charge is 0.444 e. The van der Waals surface area contributed by atoms with Crippen molar-refractivity contribution >= 4 is 23.5 Å². The summed E-state index contributed by atoms with van der Waals surface area (Å²) in [6.45, 7) is 9.15.